The smallest absolute Gasteiger partial charge is 0.322 e. The number of anilines is 2. The summed E-state index contributed by atoms with van der Waals surface area (Å²) in [6.45, 7) is 3.68. The molecule has 0 aliphatic carbocycles. The zero-order valence-electron chi connectivity index (χ0n) is 17.3. The van der Waals surface area contributed by atoms with Gasteiger partial charge in [-0.2, -0.15) is 0 Å². The van der Waals surface area contributed by atoms with E-state index in [1.165, 1.54) is 27.8 Å². The number of ether oxygens (including phenoxy) is 1. The molecule has 2 aromatic heterocycles. The highest BCUT2D eigenvalue weighted by molar-refractivity contribution is 5.90. The molecule has 0 radical (unpaired) electrons. The molecule has 10 heteroatoms. The molecule has 1 N–H and O–H groups in total. The summed E-state index contributed by atoms with van der Waals surface area (Å²) in [4.78, 5) is 20.3. The molecule has 1 spiro atoms. The predicted molar refractivity (Wildman–Crippen MR) is 114 cm³/mol. The van der Waals surface area contributed by atoms with Crippen LogP contribution in [0, 0.1) is 11.2 Å². The number of nitrogens with zero attached hydrogens (tertiary/aromatic N) is 5. The molecule has 3 aliphatic rings. The van der Waals surface area contributed by atoms with Gasteiger partial charge in [0.1, 0.15) is 17.7 Å². The summed E-state index contributed by atoms with van der Waals surface area (Å²) < 4.78 is 34.4. The highest BCUT2D eigenvalue weighted by Crippen LogP contribution is 2.39. The monoisotopic (exact) mass is 440 g/mol. The highest BCUT2D eigenvalue weighted by atomic mass is 19.1. The molecule has 0 atom stereocenters. The minimum absolute atomic E-state index is 0.0730. The molecule has 8 nitrogen and oxygen atoms in total. The Bertz CT molecular complexity index is 1200. The van der Waals surface area contributed by atoms with Gasteiger partial charge in [0.2, 0.25) is 0 Å². The molecule has 2 amide bonds. The first kappa shape index (κ1) is 19.4. The maximum absolute atomic E-state index is 14.6. The van der Waals surface area contributed by atoms with E-state index in [1.807, 2.05) is 6.07 Å². The number of fused-ring (bicyclic) bond motifs is 1. The summed E-state index contributed by atoms with van der Waals surface area (Å²) in [7, 11) is 0. The summed E-state index contributed by atoms with van der Waals surface area (Å²) in [6, 6.07) is 5.86. The fourth-order valence-corrected chi connectivity index (χ4v) is 4.54. The standard InChI is InChI=1S/C22H22F2N6O2/c23-15-9-29(10-15)21(31)26-16-1-2-18(24)19(6-16)30-8-14-5-17(7-25-20(14)27-30)28-4-3-22(11-28)12-32-13-22/h1-2,5-8,15H,3-4,9-13H2,(H,26,31). The van der Waals surface area contributed by atoms with Crippen molar-refractivity contribution in [2.45, 2.75) is 12.6 Å². The number of rotatable bonds is 3. The van der Waals surface area contributed by atoms with Crippen LogP contribution >= 0.6 is 0 Å². The van der Waals surface area contributed by atoms with Crippen LogP contribution in [0.3, 0.4) is 0 Å². The molecule has 3 fully saturated rings. The quantitative estimate of drug-likeness (QED) is 0.678. The average Bonchev–Trinajstić information content (AvgIpc) is 3.37. The number of carbonyl (C=O) groups excluding carboxylic acids is 1. The lowest BCUT2D eigenvalue weighted by Gasteiger charge is -2.37. The molecular formula is C22H22F2N6O2. The van der Waals surface area contributed by atoms with Crippen LogP contribution in [-0.4, -0.2) is 71.3 Å². The summed E-state index contributed by atoms with van der Waals surface area (Å²) in [5, 5.41) is 7.90. The second-order valence-electron chi connectivity index (χ2n) is 8.94. The first-order chi connectivity index (χ1) is 15.5. The van der Waals surface area contributed by atoms with Crippen LogP contribution in [0.5, 0.6) is 0 Å². The lowest BCUT2D eigenvalue weighted by atomic mass is 9.85. The number of nitrogens with one attached hydrogen (secondary N) is 1. The maximum atomic E-state index is 14.6. The summed E-state index contributed by atoms with van der Waals surface area (Å²) in [5.41, 5.74) is 2.41. The van der Waals surface area contributed by atoms with Crippen molar-refractivity contribution in [3.63, 3.8) is 0 Å². The van der Waals surface area contributed by atoms with Crippen molar-refractivity contribution in [1.29, 1.82) is 0 Å². The number of likely N-dealkylation sites (tertiary alicyclic amines) is 1. The summed E-state index contributed by atoms with van der Waals surface area (Å²) in [5.74, 6) is -0.477. The van der Waals surface area contributed by atoms with E-state index in [1.54, 1.807) is 12.4 Å². The molecule has 0 unspecified atom stereocenters. The number of urea groups is 1. The Hall–Kier alpha value is -3.27. The van der Waals surface area contributed by atoms with E-state index in [0.717, 1.165) is 43.8 Å². The predicted octanol–water partition coefficient (Wildman–Crippen LogP) is 2.97. The van der Waals surface area contributed by atoms with E-state index in [9.17, 15) is 13.6 Å². The molecule has 3 aliphatic heterocycles. The van der Waals surface area contributed by atoms with Gasteiger partial charge < -0.3 is 19.9 Å². The molecule has 1 aromatic carbocycles. The van der Waals surface area contributed by atoms with Gasteiger partial charge in [-0.1, -0.05) is 0 Å². The number of carbonyl (C=O) groups is 1. The molecule has 0 saturated carbocycles. The molecule has 6 rings (SSSR count). The first-order valence-corrected chi connectivity index (χ1v) is 10.7. The minimum atomic E-state index is -0.980. The van der Waals surface area contributed by atoms with E-state index < -0.39 is 18.0 Å². The van der Waals surface area contributed by atoms with Gasteiger partial charge in [-0.3, -0.25) is 0 Å². The molecule has 0 bridgehead atoms. The van der Waals surface area contributed by atoms with Crippen molar-refractivity contribution in [1.82, 2.24) is 19.7 Å². The first-order valence-electron chi connectivity index (χ1n) is 10.7. The molecular weight excluding hydrogens is 418 g/mol. The van der Waals surface area contributed by atoms with Crippen molar-refractivity contribution in [2.24, 2.45) is 5.41 Å². The fraction of sp³-hybridized carbons (Fsp3) is 0.409. The second kappa shape index (κ2) is 7.13. The van der Waals surface area contributed by atoms with Crippen molar-refractivity contribution in [2.75, 3.05) is 49.6 Å². The van der Waals surface area contributed by atoms with Crippen LogP contribution in [0.4, 0.5) is 25.0 Å². The number of benzene rings is 1. The van der Waals surface area contributed by atoms with Gasteiger partial charge >= 0.3 is 6.03 Å². The van der Waals surface area contributed by atoms with Crippen molar-refractivity contribution in [3.8, 4) is 5.69 Å². The number of pyridine rings is 1. The minimum Gasteiger partial charge on any atom is -0.380 e. The fourth-order valence-electron chi connectivity index (χ4n) is 4.54. The maximum Gasteiger partial charge on any atom is 0.322 e. The van der Waals surface area contributed by atoms with E-state index in [2.05, 4.69) is 20.3 Å². The lowest BCUT2D eigenvalue weighted by Crippen LogP contribution is -2.53. The van der Waals surface area contributed by atoms with Crippen molar-refractivity contribution < 1.29 is 18.3 Å². The third kappa shape index (κ3) is 3.26. The number of amides is 2. The third-order valence-corrected chi connectivity index (χ3v) is 6.53. The van der Waals surface area contributed by atoms with Gasteiger partial charge in [0.25, 0.3) is 0 Å². The van der Waals surface area contributed by atoms with Crippen molar-refractivity contribution in [3.05, 3.63) is 42.5 Å². The largest absolute Gasteiger partial charge is 0.380 e. The Kier molecular flexibility index (Phi) is 4.32. The van der Waals surface area contributed by atoms with Crippen LogP contribution < -0.4 is 10.2 Å². The number of hydrogen-bond acceptors (Lipinski definition) is 5. The number of aromatic nitrogens is 3. The highest BCUT2D eigenvalue weighted by Gasteiger charge is 2.44. The molecule has 166 valence electrons. The molecule has 32 heavy (non-hydrogen) atoms. The van der Waals surface area contributed by atoms with E-state index in [0.29, 0.717) is 11.3 Å². The Morgan fingerprint density at radius 1 is 1.25 bits per heavy atom. The summed E-state index contributed by atoms with van der Waals surface area (Å²) in [6.07, 6.45) is 3.66. The van der Waals surface area contributed by atoms with Gasteiger partial charge in [0.15, 0.2) is 5.65 Å². The average molecular weight is 440 g/mol. The van der Waals surface area contributed by atoms with Crippen LogP contribution in [0.15, 0.2) is 36.7 Å². The van der Waals surface area contributed by atoms with E-state index in [4.69, 9.17) is 4.74 Å². The Morgan fingerprint density at radius 2 is 2.09 bits per heavy atom. The van der Waals surface area contributed by atoms with Crippen LogP contribution in [-0.2, 0) is 4.74 Å². The van der Waals surface area contributed by atoms with Gasteiger partial charge in [0, 0.05) is 35.8 Å². The van der Waals surface area contributed by atoms with Gasteiger partial charge in [-0.05, 0) is 30.7 Å². The topological polar surface area (TPSA) is 75.5 Å². The van der Waals surface area contributed by atoms with Crippen molar-refractivity contribution >= 4 is 28.4 Å². The number of alkyl halides is 1. The van der Waals surface area contributed by atoms with Crippen LogP contribution in [0.2, 0.25) is 0 Å². The van der Waals surface area contributed by atoms with Gasteiger partial charge in [-0.25, -0.2) is 23.2 Å². The zero-order chi connectivity index (χ0) is 21.9. The van der Waals surface area contributed by atoms with Crippen LogP contribution in [0.25, 0.3) is 16.7 Å². The lowest BCUT2D eigenvalue weighted by molar-refractivity contribution is -0.0985. The van der Waals surface area contributed by atoms with E-state index in [-0.39, 0.29) is 24.2 Å². The Labute approximate surface area is 182 Å². The summed E-state index contributed by atoms with van der Waals surface area (Å²) >= 11 is 0. The SMILES string of the molecule is O=C(Nc1ccc(F)c(-n2cc3cc(N4CCC5(COC5)C4)cnc3n2)c1)N1CC(F)C1. The van der Waals surface area contributed by atoms with E-state index >= 15 is 0 Å². The number of hydrogen-bond donors (Lipinski definition) is 1. The second-order valence-corrected chi connectivity index (χ2v) is 8.94. The van der Waals surface area contributed by atoms with Gasteiger partial charge in [-0.15, -0.1) is 5.10 Å². The molecule has 3 saturated heterocycles. The van der Waals surface area contributed by atoms with Gasteiger partial charge in [0.05, 0.1) is 38.2 Å². The Balaban J connectivity index is 1.25. The normalized spacial score (nSPS) is 19.9. The Morgan fingerprint density at radius 3 is 2.81 bits per heavy atom. The molecule has 5 heterocycles. The molecule has 3 aromatic rings. The third-order valence-electron chi connectivity index (χ3n) is 6.53. The number of halogens is 2. The zero-order valence-corrected chi connectivity index (χ0v) is 17.3. The van der Waals surface area contributed by atoms with Crippen LogP contribution in [0.1, 0.15) is 6.42 Å².